The van der Waals surface area contributed by atoms with Crippen molar-refractivity contribution in [2.24, 2.45) is 28.9 Å². The summed E-state index contributed by atoms with van der Waals surface area (Å²) in [6.45, 7) is 0.927. The number of hydrogen-bond acceptors (Lipinski definition) is 5. The summed E-state index contributed by atoms with van der Waals surface area (Å²) in [5.41, 5.74) is 6.97. The summed E-state index contributed by atoms with van der Waals surface area (Å²) in [5.74, 6) is 0.727. The highest BCUT2D eigenvalue weighted by Gasteiger charge is 2.59. The molecule has 4 unspecified atom stereocenters. The van der Waals surface area contributed by atoms with Gasteiger partial charge in [-0.15, -0.1) is 0 Å². The van der Waals surface area contributed by atoms with Crippen LogP contribution in [-0.2, 0) is 9.53 Å². The number of carbonyl (C=O) groups is 2. The normalized spacial score (nSPS) is 34.5. The molecule has 6 atom stereocenters. The van der Waals surface area contributed by atoms with Crippen molar-refractivity contribution in [1.82, 2.24) is 14.5 Å². The predicted molar refractivity (Wildman–Crippen MR) is 118 cm³/mol. The molecule has 0 spiro atoms. The molecule has 2 amide bonds. The van der Waals surface area contributed by atoms with Crippen LogP contribution in [0, 0.1) is 34.5 Å². The van der Waals surface area contributed by atoms with Crippen LogP contribution in [-0.4, -0.2) is 45.6 Å². The minimum absolute atomic E-state index is 0.150. The molecule has 1 saturated heterocycles. The molecule has 2 aromatic rings. The number of aromatic nitrogens is 2. The topological polar surface area (TPSA) is 134 Å². The van der Waals surface area contributed by atoms with Crippen LogP contribution < -0.4 is 11.4 Å². The number of nitrogens with two attached hydrogens (primary N) is 1. The van der Waals surface area contributed by atoms with Crippen molar-refractivity contribution in [2.45, 2.75) is 50.7 Å². The Bertz CT molecular complexity index is 1240. The van der Waals surface area contributed by atoms with E-state index in [1.165, 1.54) is 0 Å². The largest absolute Gasteiger partial charge is 0.446 e. The lowest BCUT2D eigenvalue weighted by Crippen LogP contribution is -2.59. The number of benzene rings is 1. The van der Waals surface area contributed by atoms with Crippen LogP contribution in [0.5, 0.6) is 0 Å². The number of fused-ring (bicyclic) bond motifs is 1. The second-order valence-corrected chi connectivity index (χ2v) is 10.5. The van der Waals surface area contributed by atoms with Crippen molar-refractivity contribution in [1.29, 1.82) is 5.26 Å². The predicted octanol–water partition coefficient (Wildman–Crippen LogP) is 2.26. The van der Waals surface area contributed by atoms with Crippen LogP contribution in [0.15, 0.2) is 23.0 Å². The smallest absolute Gasteiger partial charge is 0.410 e. The molecule has 2 heterocycles. The third-order valence-corrected chi connectivity index (χ3v) is 8.58. The van der Waals surface area contributed by atoms with Crippen molar-refractivity contribution in [2.75, 3.05) is 13.1 Å². The van der Waals surface area contributed by atoms with E-state index in [1.54, 1.807) is 27.7 Å². The molecule has 172 valence electrons. The zero-order chi connectivity index (χ0) is 22.9. The summed E-state index contributed by atoms with van der Waals surface area (Å²) < 4.78 is 7.74. The van der Waals surface area contributed by atoms with E-state index >= 15 is 0 Å². The van der Waals surface area contributed by atoms with Crippen LogP contribution in [0.25, 0.3) is 11.0 Å². The Kier molecular flexibility index (Phi) is 4.38. The summed E-state index contributed by atoms with van der Waals surface area (Å²) in [7, 11) is 0. The Morgan fingerprint density at radius 3 is 2.67 bits per heavy atom. The number of H-pyrrole nitrogens is 1. The molecule has 0 radical (unpaired) electrons. The molecule has 1 aromatic carbocycles. The maximum Gasteiger partial charge on any atom is 0.410 e. The third-order valence-electron chi connectivity index (χ3n) is 8.58. The van der Waals surface area contributed by atoms with E-state index < -0.39 is 5.41 Å². The summed E-state index contributed by atoms with van der Waals surface area (Å²) in [4.78, 5) is 42.4. The van der Waals surface area contributed by atoms with Crippen molar-refractivity contribution < 1.29 is 14.3 Å². The summed E-state index contributed by atoms with van der Waals surface area (Å²) >= 11 is 0. The van der Waals surface area contributed by atoms with Crippen LogP contribution in [0.3, 0.4) is 0 Å². The molecular weight excluding hydrogens is 422 g/mol. The molecule has 9 heteroatoms. The average molecular weight is 450 g/mol. The lowest BCUT2D eigenvalue weighted by Gasteiger charge is -2.58. The quantitative estimate of drug-likeness (QED) is 0.741. The molecule has 3 N–H and O–H groups in total. The Morgan fingerprint density at radius 2 is 1.97 bits per heavy atom. The number of hydrogen-bond donors (Lipinski definition) is 2. The van der Waals surface area contributed by atoms with Gasteiger partial charge in [-0.05, 0) is 74.5 Å². The Morgan fingerprint density at radius 1 is 1.21 bits per heavy atom. The lowest BCUT2D eigenvalue weighted by atomic mass is 9.48. The molecule has 4 bridgehead atoms. The fourth-order valence-corrected chi connectivity index (χ4v) is 7.34. The molecule has 7 rings (SSSR count). The van der Waals surface area contributed by atoms with Gasteiger partial charge in [-0.1, -0.05) is 0 Å². The first-order valence-corrected chi connectivity index (χ1v) is 11.8. The minimum atomic E-state index is -0.403. The number of primary amides is 1. The number of nitrogens with one attached hydrogen (secondary N) is 1. The van der Waals surface area contributed by atoms with Gasteiger partial charge in [-0.3, -0.25) is 9.36 Å². The highest BCUT2D eigenvalue weighted by molar-refractivity contribution is 5.81. The molecule has 1 aliphatic heterocycles. The van der Waals surface area contributed by atoms with Crippen molar-refractivity contribution in [3.05, 3.63) is 34.2 Å². The standard InChI is InChI=1S/C24H27N5O4/c25-11-13-1-2-19-18(7-13)27-22(31)29(19)17-3-4-28(12-17)23(32)33-20-15-5-14-6-16(20)10-24(8-14,9-15)21(26)30/h1-2,7,14-17,20H,3-6,8-10,12H2,(H2,26,30)(H,27,31)/t14?,15-,16?,17-,20?,24?/m0/s1. The van der Waals surface area contributed by atoms with Crippen LogP contribution in [0.2, 0.25) is 0 Å². The molecule has 33 heavy (non-hydrogen) atoms. The van der Waals surface area contributed by atoms with E-state index in [9.17, 15) is 14.4 Å². The van der Waals surface area contributed by atoms with E-state index in [0.29, 0.717) is 36.5 Å². The van der Waals surface area contributed by atoms with Gasteiger partial charge in [0.25, 0.3) is 0 Å². The van der Waals surface area contributed by atoms with Gasteiger partial charge in [0.1, 0.15) is 6.10 Å². The molecule has 1 aromatic heterocycles. The zero-order valence-electron chi connectivity index (χ0n) is 18.3. The first-order valence-electron chi connectivity index (χ1n) is 11.8. The van der Waals surface area contributed by atoms with Crippen LogP contribution in [0.4, 0.5) is 4.79 Å². The van der Waals surface area contributed by atoms with E-state index in [2.05, 4.69) is 11.1 Å². The van der Waals surface area contributed by atoms with Gasteiger partial charge in [-0.25, -0.2) is 9.59 Å². The fourth-order valence-electron chi connectivity index (χ4n) is 7.34. The van der Waals surface area contributed by atoms with Gasteiger partial charge in [0, 0.05) is 13.1 Å². The number of carbonyl (C=O) groups excluding carboxylic acids is 2. The summed E-state index contributed by atoms with van der Waals surface area (Å²) in [6.07, 6.45) is 4.52. The third kappa shape index (κ3) is 3.07. The lowest BCUT2D eigenvalue weighted by molar-refractivity contribution is -0.161. The number of amides is 2. The first kappa shape index (κ1) is 20.3. The highest BCUT2D eigenvalue weighted by atomic mass is 16.6. The molecule has 4 saturated carbocycles. The Balaban J connectivity index is 1.16. The molecule has 5 fully saturated rings. The summed E-state index contributed by atoms with van der Waals surface area (Å²) in [5, 5.41) is 9.10. The monoisotopic (exact) mass is 449 g/mol. The Labute approximate surface area is 190 Å². The molecule has 4 aliphatic carbocycles. The molecule has 9 nitrogen and oxygen atoms in total. The van der Waals surface area contributed by atoms with Gasteiger partial charge in [0.15, 0.2) is 0 Å². The zero-order valence-corrected chi connectivity index (χ0v) is 18.3. The number of imidazole rings is 1. The second kappa shape index (κ2) is 7.11. The number of ether oxygens (including phenoxy) is 1. The maximum atomic E-state index is 13.1. The molecular formula is C24H27N5O4. The number of likely N-dealkylation sites (tertiary alicyclic amines) is 1. The van der Waals surface area contributed by atoms with E-state index in [-0.39, 0.29) is 41.7 Å². The van der Waals surface area contributed by atoms with E-state index in [1.807, 2.05) is 0 Å². The van der Waals surface area contributed by atoms with Gasteiger partial charge >= 0.3 is 11.8 Å². The maximum absolute atomic E-state index is 13.1. The van der Waals surface area contributed by atoms with E-state index in [4.69, 9.17) is 15.7 Å². The van der Waals surface area contributed by atoms with Crippen LogP contribution >= 0.6 is 0 Å². The van der Waals surface area contributed by atoms with Gasteiger partial charge < -0.3 is 20.4 Å². The minimum Gasteiger partial charge on any atom is -0.446 e. The number of rotatable bonds is 3. The first-order chi connectivity index (χ1) is 15.9. The van der Waals surface area contributed by atoms with E-state index in [0.717, 1.165) is 37.6 Å². The number of nitrogens with zero attached hydrogens (tertiary/aromatic N) is 3. The van der Waals surface area contributed by atoms with Crippen molar-refractivity contribution in [3.8, 4) is 6.07 Å². The highest BCUT2D eigenvalue weighted by Crippen LogP contribution is 2.60. The second-order valence-electron chi connectivity index (χ2n) is 10.5. The number of aromatic amines is 1. The van der Waals surface area contributed by atoms with Crippen molar-refractivity contribution in [3.63, 3.8) is 0 Å². The van der Waals surface area contributed by atoms with Crippen LogP contribution in [0.1, 0.15) is 50.1 Å². The van der Waals surface area contributed by atoms with Gasteiger partial charge in [0.2, 0.25) is 5.91 Å². The van der Waals surface area contributed by atoms with Gasteiger partial charge in [-0.2, -0.15) is 5.26 Å². The Hall–Kier alpha value is -3.28. The SMILES string of the molecule is N#Cc1ccc2c(c1)[nH]c(=O)n2[C@H]1CCN(C(=O)OC2C3CC4C[C@H]2CC(C(N)=O)(C4)C3)C1. The molecule has 5 aliphatic rings. The fraction of sp³-hybridized carbons (Fsp3) is 0.583. The summed E-state index contributed by atoms with van der Waals surface area (Å²) in [6, 6.07) is 7.07. The average Bonchev–Trinajstić information content (AvgIpc) is 3.38. The van der Waals surface area contributed by atoms with Gasteiger partial charge in [0.05, 0.1) is 34.1 Å². The number of nitriles is 1. The van der Waals surface area contributed by atoms with Crippen molar-refractivity contribution >= 4 is 23.0 Å².